The third-order valence-electron chi connectivity index (χ3n) is 5.06. The van der Waals surface area contributed by atoms with Crippen molar-refractivity contribution < 1.29 is 0 Å². The Morgan fingerprint density at radius 2 is 1.92 bits per heavy atom. The van der Waals surface area contributed by atoms with Crippen molar-refractivity contribution in [1.82, 2.24) is 14.6 Å². The third-order valence-corrected chi connectivity index (χ3v) is 5.06. The van der Waals surface area contributed by atoms with Crippen LogP contribution in [0.5, 0.6) is 0 Å². The molecule has 1 unspecified atom stereocenters. The largest absolute Gasteiger partial charge is 0.233 e. The number of hydrogen-bond donors (Lipinski definition) is 0. The van der Waals surface area contributed by atoms with E-state index in [1.165, 1.54) is 55.5 Å². The van der Waals surface area contributed by atoms with Crippen molar-refractivity contribution in [3.05, 3.63) is 41.4 Å². The molecule has 0 N–H and O–H groups in total. The van der Waals surface area contributed by atoms with Gasteiger partial charge in [-0.3, -0.25) is 0 Å². The van der Waals surface area contributed by atoms with Gasteiger partial charge in [0.1, 0.15) is 0 Å². The highest BCUT2D eigenvalue weighted by Gasteiger charge is 2.15. The number of fused-ring (bicyclic) bond motifs is 1. The SMILES string of the molecule is C=C(CCCC(CCC)c1cc(C)n2ncc(C)c2n1)CCC(C)C. The topological polar surface area (TPSA) is 30.2 Å². The van der Waals surface area contributed by atoms with Crippen LogP contribution in [0.25, 0.3) is 5.65 Å². The molecule has 2 heterocycles. The first-order valence-electron chi connectivity index (χ1n) is 9.90. The minimum Gasteiger partial charge on any atom is -0.233 e. The molecule has 0 fully saturated rings. The van der Waals surface area contributed by atoms with Crippen LogP contribution < -0.4 is 0 Å². The van der Waals surface area contributed by atoms with Gasteiger partial charge in [-0.05, 0) is 64.4 Å². The van der Waals surface area contributed by atoms with E-state index in [1.807, 2.05) is 10.7 Å². The van der Waals surface area contributed by atoms with E-state index in [-0.39, 0.29) is 0 Å². The summed E-state index contributed by atoms with van der Waals surface area (Å²) in [5, 5.41) is 4.43. The summed E-state index contributed by atoms with van der Waals surface area (Å²) in [4.78, 5) is 4.95. The molecule has 0 amide bonds. The van der Waals surface area contributed by atoms with Gasteiger partial charge in [0, 0.05) is 22.9 Å². The Kier molecular flexibility index (Phi) is 7.22. The Hall–Kier alpha value is -1.64. The van der Waals surface area contributed by atoms with Gasteiger partial charge < -0.3 is 0 Å². The number of aryl methyl sites for hydroxylation is 2. The van der Waals surface area contributed by atoms with Gasteiger partial charge in [-0.2, -0.15) is 5.10 Å². The second-order valence-corrected chi connectivity index (χ2v) is 7.95. The number of hydrogen-bond acceptors (Lipinski definition) is 2. The zero-order chi connectivity index (χ0) is 18.4. The number of allylic oxidation sites excluding steroid dienone is 1. The zero-order valence-electron chi connectivity index (χ0n) is 16.8. The van der Waals surface area contributed by atoms with Crippen molar-refractivity contribution in [2.45, 2.75) is 85.5 Å². The van der Waals surface area contributed by atoms with Gasteiger partial charge in [0.05, 0.1) is 6.20 Å². The fourth-order valence-electron chi connectivity index (χ4n) is 3.46. The maximum atomic E-state index is 4.95. The van der Waals surface area contributed by atoms with Gasteiger partial charge in [0.15, 0.2) is 5.65 Å². The minimum atomic E-state index is 0.542. The first-order valence-corrected chi connectivity index (χ1v) is 9.90. The molecule has 3 heteroatoms. The molecule has 3 nitrogen and oxygen atoms in total. The van der Waals surface area contributed by atoms with E-state index in [9.17, 15) is 0 Å². The molecule has 2 rings (SSSR count). The van der Waals surface area contributed by atoms with Crippen molar-refractivity contribution in [3.8, 4) is 0 Å². The van der Waals surface area contributed by atoms with Crippen LogP contribution in [0.1, 0.15) is 88.6 Å². The molecular formula is C22H35N3. The third kappa shape index (κ3) is 5.42. The molecule has 0 saturated heterocycles. The first-order chi connectivity index (χ1) is 11.9. The Balaban J connectivity index is 2.03. The highest BCUT2D eigenvalue weighted by atomic mass is 15.2. The van der Waals surface area contributed by atoms with Crippen LogP contribution in [-0.4, -0.2) is 14.6 Å². The summed E-state index contributed by atoms with van der Waals surface area (Å²) in [6.45, 7) is 15.3. The molecule has 0 aromatic carbocycles. The average molecular weight is 342 g/mol. The van der Waals surface area contributed by atoms with Gasteiger partial charge in [-0.25, -0.2) is 9.50 Å². The highest BCUT2D eigenvalue weighted by Crippen LogP contribution is 2.28. The number of nitrogens with zero attached hydrogens (tertiary/aromatic N) is 3. The summed E-state index contributed by atoms with van der Waals surface area (Å²) in [7, 11) is 0. The molecule has 25 heavy (non-hydrogen) atoms. The van der Waals surface area contributed by atoms with Gasteiger partial charge in [0.25, 0.3) is 0 Å². The zero-order valence-corrected chi connectivity index (χ0v) is 16.8. The van der Waals surface area contributed by atoms with Crippen molar-refractivity contribution in [3.63, 3.8) is 0 Å². The Bertz CT molecular complexity index is 697. The van der Waals surface area contributed by atoms with E-state index in [0.717, 1.165) is 23.5 Å². The number of aromatic nitrogens is 3. The molecule has 0 aliphatic rings. The van der Waals surface area contributed by atoms with Crippen LogP contribution in [0.4, 0.5) is 0 Å². The fourth-order valence-corrected chi connectivity index (χ4v) is 3.46. The maximum Gasteiger partial charge on any atom is 0.158 e. The van der Waals surface area contributed by atoms with Gasteiger partial charge in [-0.1, -0.05) is 39.3 Å². The van der Waals surface area contributed by atoms with Crippen molar-refractivity contribution in [1.29, 1.82) is 0 Å². The van der Waals surface area contributed by atoms with E-state index >= 15 is 0 Å². The second kappa shape index (κ2) is 9.17. The van der Waals surface area contributed by atoms with E-state index in [2.05, 4.69) is 52.4 Å². The van der Waals surface area contributed by atoms with Crippen LogP contribution in [-0.2, 0) is 0 Å². The predicted molar refractivity (Wildman–Crippen MR) is 107 cm³/mol. The molecule has 2 aromatic rings. The van der Waals surface area contributed by atoms with E-state index in [0.29, 0.717) is 5.92 Å². The molecule has 0 radical (unpaired) electrons. The molecular weight excluding hydrogens is 306 g/mol. The summed E-state index contributed by atoms with van der Waals surface area (Å²) >= 11 is 0. The number of rotatable bonds is 10. The minimum absolute atomic E-state index is 0.542. The normalized spacial score (nSPS) is 12.9. The quantitative estimate of drug-likeness (QED) is 0.468. The summed E-state index contributed by atoms with van der Waals surface area (Å²) in [6.07, 6.45) is 10.3. The molecule has 1 atom stereocenters. The lowest BCUT2D eigenvalue weighted by Crippen LogP contribution is -2.06. The highest BCUT2D eigenvalue weighted by molar-refractivity contribution is 5.47. The van der Waals surface area contributed by atoms with Crippen LogP contribution in [0.3, 0.4) is 0 Å². The Labute approximate surface area is 153 Å². The lowest BCUT2D eigenvalue weighted by Gasteiger charge is -2.17. The Morgan fingerprint density at radius 3 is 2.60 bits per heavy atom. The smallest absolute Gasteiger partial charge is 0.158 e. The Morgan fingerprint density at radius 1 is 1.16 bits per heavy atom. The molecule has 138 valence electrons. The summed E-state index contributed by atoms with van der Waals surface area (Å²) in [5.74, 6) is 1.31. The van der Waals surface area contributed by atoms with Crippen LogP contribution in [0, 0.1) is 19.8 Å². The van der Waals surface area contributed by atoms with Crippen LogP contribution in [0.2, 0.25) is 0 Å². The molecule has 0 aliphatic heterocycles. The lowest BCUT2D eigenvalue weighted by atomic mass is 9.91. The standard InChI is InChI=1S/C22H35N3/c1-7-9-20(11-8-10-17(4)13-12-16(2)3)21-14-19(6)25-22(24-21)18(5)15-23-25/h14-16,20H,4,7-13H2,1-3,5-6H3. The summed E-state index contributed by atoms with van der Waals surface area (Å²) in [5.41, 5.74) is 5.99. The van der Waals surface area contributed by atoms with E-state index in [1.54, 1.807) is 0 Å². The van der Waals surface area contributed by atoms with E-state index < -0.39 is 0 Å². The summed E-state index contributed by atoms with van der Waals surface area (Å²) < 4.78 is 1.95. The van der Waals surface area contributed by atoms with Crippen molar-refractivity contribution >= 4 is 5.65 Å². The summed E-state index contributed by atoms with van der Waals surface area (Å²) in [6, 6.07) is 2.23. The first kappa shape index (κ1) is 19.7. The van der Waals surface area contributed by atoms with Crippen LogP contribution >= 0.6 is 0 Å². The molecule has 0 spiro atoms. The molecule has 0 aliphatic carbocycles. The molecule has 2 aromatic heterocycles. The maximum absolute atomic E-state index is 4.95. The lowest BCUT2D eigenvalue weighted by molar-refractivity contribution is 0.523. The van der Waals surface area contributed by atoms with Gasteiger partial charge in [-0.15, -0.1) is 0 Å². The monoisotopic (exact) mass is 341 g/mol. The fraction of sp³-hybridized carbons (Fsp3) is 0.636. The molecule has 0 saturated carbocycles. The predicted octanol–water partition coefficient (Wildman–Crippen LogP) is 6.39. The second-order valence-electron chi connectivity index (χ2n) is 7.95. The van der Waals surface area contributed by atoms with Gasteiger partial charge in [0.2, 0.25) is 0 Å². The van der Waals surface area contributed by atoms with Crippen molar-refractivity contribution in [2.24, 2.45) is 5.92 Å². The molecule has 0 bridgehead atoms. The van der Waals surface area contributed by atoms with E-state index in [4.69, 9.17) is 4.98 Å². The van der Waals surface area contributed by atoms with Crippen LogP contribution in [0.15, 0.2) is 24.4 Å². The average Bonchev–Trinajstić information content (AvgIpc) is 2.94. The van der Waals surface area contributed by atoms with Crippen molar-refractivity contribution in [2.75, 3.05) is 0 Å². The van der Waals surface area contributed by atoms with Gasteiger partial charge >= 0.3 is 0 Å².